The Labute approximate surface area is 105 Å². The Balaban J connectivity index is 2.37. The van der Waals surface area contributed by atoms with Crippen molar-refractivity contribution in [3.8, 4) is 0 Å². The Morgan fingerprint density at radius 2 is 2.12 bits per heavy atom. The first-order chi connectivity index (χ1) is 8.17. The van der Waals surface area contributed by atoms with E-state index in [2.05, 4.69) is 36.3 Å². The van der Waals surface area contributed by atoms with Gasteiger partial charge < -0.3 is 15.5 Å². The zero-order valence-electron chi connectivity index (χ0n) is 11.5. The minimum atomic E-state index is 0.00284. The molecule has 1 rings (SSSR count). The molecular weight excluding hydrogens is 214 g/mol. The van der Waals surface area contributed by atoms with Gasteiger partial charge in [-0.1, -0.05) is 13.8 Å². The Kier molecular flexibility index (Phi) is 6.52. The lowest BCUT2D eigenvalue weighted by molar-refractivity contribution is -0.123. The number of rotatable bonds is 6. The molecule has 1 heterocycles. The lowest BCUT2D eigenvalue weighted by Gasteiger charge is -2.26. The topological polar surface area (TPSA) is 44.4 Å². The molecule has 0 aromatic heterocycles. The summed E-state index contributed by atoms with van der Waals surface area (Å²) < 4.78 is 0. The van der Waals surface area contributed by atoms with Gasteiger partial charge in [-0.15, -0.1) is 0 Å². The molecule has 0 bridgehead atoms. The molecule has 1 aliphatic heterocycles. The second kappa shape index (κ2) is 7.67. The summed E-state index contributed by atoms with van der Waals surface area (Å²) in [5.41, 5.74) is 0. The maximum atomic E-state index is 11.8. The zero-order chi connectivity index (χ0) is 12.7. The Bertz CT molecular complexity index is 229. The predicted molar refractivity (Wildman–Crippen MR) is 71.0 cm³/mol. The van der Waals surface area contributed by atoms with Gasteiger partial charge in [0.15, 0.2) is 0 Å². The number of amides is 1. The van der Waals surface area contributed by atoms with E-state index in [0.717, 1.165) is 45.4 Å². The minimum Gasteiger partial charge on any atom is -0.355 e. The van der Waals surface area contributed by atoms with Crippen LogP contribution < -0.4 is 10.6 Å². The Morgan fingerprint density at radius 1 is 1.41 bits per heavy atom. The summed E-state index contributed by atoms with van der Waals surface area (Å²) in [6.45, 7) is 10.5. The van der Waals surface area contributed by atoms with Gasteiger partial charge in [0.1, 0.15) is 0 Å². The molecule has 2 N–H and O–H groups in total. The Hall–Kier alpha value is -0.610. The van der Waals surface area contributed by atoms with Gasteiger partial charge in [0.25, 0.3) is 0 Å². The standard InChI is InChI=1S/C13H27N3O/c1-4-16(5-2)10-11(3)15-12-8-6-7-9-14-13(12)17/h11-12,15H,4-10H2,1-3H3,(H,14,17). The van der Waals surface area contributed by atoms with Crippen LogP contribution in [0.5, 0.6) is 0 Å². The highest BCUT2D eigenvalue weighted by Gasteiger charge is 2.22. The van der Waals surface area contributed by atoms with E-state index in [0.29, 0.717) is 6.04 Å². The SMILES string of the molecule is CCN(CC)CC(C)NC1CCCCNC1=O. The number of nitrogens with zero attached hydrogens (tertiary/aromatic N) is 1. The van der Waals surface area contributed by atoms with Crippen LogP contribution in [0.4, 0.5) is 0 Å². The van der Waals surface area contributed by atoms with Crippen LogP contribution in [0.15, 0.2) is 0 Å². The van der Waals surface area contributed by atoms with E-state index in [9.17, 15) is 4.79 Å². The van der Waals surface area contributed by atoms with E-state index in [4.69, 9.17) is 0 Å². The van der Waals surface area contributed by atoms with Crippen LogP contribution in [-0.4, -0.2) is 49.1 Å². The van der Waals surface area contributed by atoms with Gasteiger partial charge in [-0.25, -0.2) is 0 Å². The molecule has 4 nitrogen and oxygen atoms in total. The molecule has 0 aromatic rings. The number of hydrogen-bond donors (Lipinski definition) is 2. The molecule has 0 saturated carbocycles. The van der Waals surface area contributed by atoms with E-state index >= 15 is 0 Å². The third-order valence-corrected chi connectivity index (χ3v) is 3.45. The third kappa shape index (κ3) is 5.04. The summed E-state index contributed by atoms with van der Waals surface area (Å²) in [6.07, 6.45) is 3.21. The highest BCUT2D eigenvalue weighted by Crippen LogP contribution is 2.06. The van der Waals surface area contributed by atoms with Crippen molar-refractivity contribution in [3.05, 3.63) is 0 Å². The van der Waals surface area contributed by atoms with E-state index in [1.54, 1.807) is 0 Å². The van der Waals surface area contributed by atoms with Gasteiger partial charge in [0.05, 0.1) is 6.04 Å². The molecule has 1 saturated heterocycles. The normalized spacial score (nSPS) is 23.3. The summed E-state index contributed by atoms with van der Waals surface area (Å²) in [7, 11) is 0. The molecule has 2 unspecified atom stereocenters. The minimum absolute atomic E-state index is 0.00284. The summed E-state index contributed by atoms with van der Waals surface area (Å²) in [5, 5.41) is 6.42. The van der Waals surface area contributed by atoms with Gasteiger partial charge in [-0.05, 0) is 39.3 Å². The van der Waals surface area contributed by atoms with Crippen molar-refractivity contribution in [2.45, 2.75) is 52.1 Å². The monoisotopic (exact) mass is 241 g/mol. The van der Waals surface area contributed by atoms with E-state index in [1.807, 2.05) is 0 Å². The smallest absolute Gasteiger partial charge is 0.237 e. The fourth-order valence-corrected chi connectivity index (χ4v) is 2.36. The fraction of sp³-hybridized carbons (Fsp3) is 0.923. The molecule has 4 heteroatoms. The first kappa shape index (κ1) is 14.5. The van der Waals surface area contributed by atoms with Gasteiger partial charge >= 0.3 is 0 Å². The number of nitrogens with one attached hydrogen (secondary N) is 2. The highest BCUT2D eigenvalue weighted by molar-refractivity contribution is 5.81. The van der Waals surface area contributed by atoms with E-state index in [-0.39, 0.29) is 11.9 Å². The van der Waals surface area contributed by atoms with Crippen LogP contribution in [-0.2, 0) is 4.79 Å². The zero-order valence-corrected chi connectivity index (χ0v) is 11.5. The van der Waals surface area contributed by atoms with Crippen molar-refractivity contribution >= 4 is 5.91 Å². The second-order valence-corrected chi connectivity index (χ2v) is 4.89. The van der Waals surface area contributed by atoms with Crippen LogP contribution in [0.1, 0.15) is 40.0 Å². The largest absolute Gasteiger partial charge is 0.355 e. The van der Waals surface area contributed by atoms with Gasteiger partial charge in [0, 0.05) is 19.1 Å². The van der Waals surface area contributed by atoms with E-state index in [1.165, 1.54) is 0 Å². The van der Waals surface area contributed by atoms with Crippen LogP contribution in [0, 0.1) is 0 Å². The van der Waals surface area contributed by atoms with Crippen molar-refractivity contribution in [1.29, 1.82) is 0 Å². The maximum Gasteiger partial charge on any atom is 0.237 e. The van der Waals surface area contributed by atoms with Crippen LogP contribution >= 0.6 is 0 Å². The molecule has 1 fully saturated rings. The molecule has 0 aromatic carbocycles. The van der Waals surface area contributed by atoms with Crippen LogP contribution in [0.3, 0.4) is 0 Å². The lowest BCUT2D eigenvalue weighted by atomic mass is 10.1. The average Bonchev–Trinajstić information content (AvgIpc) is 2.52. The number of carbonyl (C=O) groups excluding carboxylic acids is 1. The molecule has 0 aliphatic carbocycles. The van der Waals surface area contributed by atoms with Gasteiger partial charge in [-0.3, -0.25) is 4.79 Å². The fourth-order valence-electron chi connectivity index (χ4n) is 2.36. The summed E-state index contributed by atoms with van der Waals surface area (Å²) >= 11 is 0. The molecule has 1 aliphatic rings. The molecule has 100 valence electrons. The first-order valence-electron chi connectivity index (χ1n) is 6.93. The molecular formula is C13H27N3O. The molecule has 2 atom stereocenters. The number of carbonyl (C=O) groups is 1. The van der Waals surface area contributed by atoms with Crippen molar-refractivity contribution < 1.29 is 4.79 Å². The van der Waals surface area contributed by atoms with Crippen molar-refractivity contribution in [1.82, 2.24) is 15.5 Å². The van der Waals surface area contributed by atoms with E-state index < -0.39 is 0 Å². The molecule has 17 heavy (non-hydrogen) atoms. The highest BCUT2D eigenvalue weighted by atomic mass is 16.2. The van der Waals surface area contributed by atoms with Crippen molar-refractivity contribution in [3.63, 3.8) is 0 Å². The van der Waals surface area contributed by atoms with Crippen LogP contribution in [0.2, 0.25) is 0 Å². The average molecular weight is 241 g/mol. The summed E-state index contributed by atoms with van der Waals surface area (Å²) in [4.78, 5) is 14.2. The van der Waals surface area contributed by atoms with Gasteiger partial charge in [-0.2, -0.15) is 0 Å². The van der Waals surface area contributed by atoms with Gasteiger partial charge in [0.2, 0.25) is 5.91 Å². The molecule has 1 amide bonds. The Morgan fingerprint density at radius 3 is 2.76 bits per heavy atom. The van der Waals surface area contributed by atoms with Crippen LogP contribution in [0.25, 0.3) is 0 Å². The first-order valence-corrected chi connectivity index (χ1v) is 6.93. The lowest BCUT2D eigenvalue weighted by Crippen LogP contribution is -2.49. The third-order valence-electron chi connectivity index (χ3n) is 3.45. The predicted octanol–water partition coefficient (Wildman–Crippen LogP) is 0.975. The molecule has 0 spiro atoms. The number of likely N-dealkylation sites (N-methyl/N-ethyl adjacent to an activating group) is 1. The quantitative estimate of drug-likeness (QED) is 0.728. The van der Waals surface area contributed by atoms with Crippen molar-refractivity contribution in [2.75, 3.05) is 26.2 Å². The van der Waals surface area contributed by atoms with Crippen molar-refractivity contribution in [2.24, 2.45) is 0 Å². The summed E-state index contributed by atoms with van der Waals surface area (Å²) in [5.74, 6) is 0.175. The number of hydrogen-bond acceptors (Lipinski definition) is 3. The second-order valence-electron chi connectivity index (χ2n) is 4.89. The maximum absolute atomic E-state index is 11.8. The summed E-state index contributed by atoms with van der Waals surface area (Å²) in [6, 6.07) is 0.367. The molecule has 0 radical (unpaired) electrons.